The zero-order valence-electron chi connectivity index (χ0n) is 11.5. The zero-order valence-corrected chi connectivity index (χ0v) is 11.5. The monoisotopic (exact) mass is 236 g/mol. The summed E-state index contributed by atoms with van der Waals surface area (Å²) in [5, 5.41) is 10.2. The van der Waals surface area contributed by atoms with E-state index in [1.807, 2.05) is 13.8 Å². The number of rotatable bonds is 1. The van der Waals surface area contributed by atoms with Crippen LogP contribution in [0.25, 0.3) is 0 Å². The molecule has 2 atom stereocenters. The molecule has 0 aromatic carbocycles. The van der Waals surface area contributed by atoms with Gasteiger partial charge in [0.25, 0.3) is 0 Å². The van der Waals surface area contributed by atoms with E-state index in [0.717, 1.165) is 25.7 Å². The van der Waals surface area contributed by atoms with Crippen LogP contribution in [-0.4, -0.2) is 16.5 Å². The van der Waals surface area contributed by atoms with Crippen molar-refractivity contribution in [2.45, 2.75) is 65.4 Å². The van der Waals surface area contributed by atoms with Crippen LogP contribution in [0.5, 0.6) is 0 Å². The smallest absolute Gasteiger partial charge is 0.143 e. The van der Waals surface area contributed by atoms with Gasteiger partial charge in [0, 0.05) is 11.8 Å². The van der Waals surface area contributed by atoms with Gasteiger partial charge in [-0.1, -0.05) is 11.1 Å². The number of ketones is 1. The second kappa shape index (κ2) is 3.94. The van der Waals surface area contributed by atoms with Gasteiger partial charge < -0.3 is 5.11 Å². The van der Waals surface area contributed by atoms with Crippen LogP contribution < -0.4 is 0 Å². The first-order chi connectivity index (χ1) is 7.75. The van der Waals surface area contributed by atoms with Gasteiger partial charge >= 0.3 is 0 Å². The second-order valence-electron chi connectivity index (χ2n) is 6.61. The van der Waals surface area contributed by atoms with Gasteiger partial charge in [-0.15, -0.1) is 0 Å². The molecule has 0 aliphatic heterocycles. The molecular formula is C15H24O2. The Hall–Kier alpha value is -0.630. The molecule has 0 heterocycles. The van der Waals surface area contributed by atoms with Crippen LogP contribution in [0.2, 0.25) is 0 Å². The third-order valence-corrected chi connectivity index (χ3v) is 4.97. The van der Waals surface area contributed by atoms with E-state index in [2.05, 4.69) is 13.8 Å². The molecule has 0 aromatic heterocycles. The van der Waals surface area contributed by atoms with Gasteiger partial charge in [0.05, 0.1) is 5.60 Å². The van der Waals surface area contributed by atoms with Crippen molar-refractivity contribution in [1.29, 1.82) is 0 Å². The van der Waals surface area contributed by atoms with Crippen molar-refractivity contribution in [3.8, 4) is 0 Å². The minimum absolute atomic E-state index is 0.218. The predicted octanol–water partition coefficient (Wildman–Crippen LogP) is 3.24. The number of allylic oxidation sites excluding steroid dienone is 2. The Balaban J connectivity index is 2.33. The third-order valence-electron chi connectivity index (χ3n) is 4.97. The van der Waals surface area contributed by atoms with Crippen molar-refractivity contribution in [3.63, 3.8) is 0 Å². The Morgan fingerprint density at radius 2 is 2.00 bits per heavy atom. The summed E-state index contributed by atoms with van der Waals surface area (Å²) in [4.78, 5) is 12.2. The van der Waals surface area contributed by atoms with Gasteiger partial charge in [-0.3, -0.25) is 4.79 Å². The summed E-state index contributed by atoms with van der Waals surface area (Å²) < 4.78 is 0. The lowest BCUT2D eigenvalue weighted by molar-refractivity contribution is -0.129. The van der Waals surface area contributed by atoms with Crippen LogP contribution in [0.3, 0.4) is 0 Å². The van der Waals surface area contributed by atoms with Crippen LogP contribution in [-0.2, 0) is 4.79 Å². The van der Waals surface area contributed by atoms with E-state index < -0.39 is 5.60 Å². The number of aliphatic hydroxyl groups is 1. The Morgan fingerprint density at radius 3 is 2.59 bits per heavy atom. The van der Waals surface area contributed by atoms with Crippen LogP contribution in [0.4, 0.5) is 0 Å². The topological polar surface area (TPSA) is 37.3 Å². The molecule has 0 aromatic rings. The van der Waals surface area contributed by atoms with Crippen molar-refractivity contribution < 1.29 is 9.90 Å². The van der Waals surface area contributed by atoms with Crippen LogP contribution in [0, 0.1) is 11.3 Å². The minimum Gasteiger partial charge on any atom is -0.390 e. The Bertz CT molecular complexity index is 373. The van der Waals surface area contributed by atoms with Crippen molar-refractivity contribution >= 4 is 5.78 Å². The standard InChI is InChI=1S/C15H24O2/c1-10-5-6-13(16)15(4)8-7-11(9-12(10)15)14(2,3)17/h11,17H,5-9H2,1-4H3/t11-,15+/m0/s1. The number of fused-ring (bicyclic) bond motifs is 1. The molecule has 17 heavy (non-hydrogen) atoms. The number of hydrogen-bond acceptors (Lipinski definition) is 2. The molecule has 1 saturated carbocycles. The molecule has 2 heteroatoms. The summed E-state index contributed by atoms with van der Waals surface area (Å²) in [5.74, 6) is 0.707. The highest BCUT2D eigenvalue weighted by Gasteiger charge is 2.46. The second-order valence-corrected chi connectivity index (χ2v) is 6.61. The van der Waals surface area contributed by atoms with Crippen molar-refractivity contribution in [2.75, 3.05) is 0 Å². The number of hydrogen-bond donors (Lipinski definition) is 1. The van der Waals surface area contributed by atoms with Gasteiger partial charge in [-0.25, -0.2) is 0 Å². The maximum atomic E-state index is 12.2. The first-order valence-corrected chi connectivity index (χ1v) is 6.70. The summed E-state index contributed by atoms with van der Waals surface area (Å²) in [6.07, 6.45) is 4.40. The van der Waals surface area contributed by atoms with Gasteiger partial charge in [0.2, 0.25) is 0 Å². The van der Waals surface area contributed by atoms with Crippen molar-refractivity contribution in [2.24, 2.45) is 11.3 Å². The Kier molecular flexibility index (Phi) is 2.97. The molecule has 0 bridgehead atoms. The number of Topliss-reactive ketones (excluding diaryl/α,β-unsaturated/α-hetero) is 1. The molecular weight excluding hydrogens is 212 g/mol. The molecule has 0 amide bonds. The predicted molar refractivity (Wildman–Crippen MR) is 68.7 cm³/mol. The summed E-state index contributed by atoms with van der Waals surface area (Å²) >= 11 is 0. The maximum absolute atomic E-state index is 12.2. The maximum Gasteiger partial charge on any atom is 0.143 e. The SMILES string of the molecule is CC1=C2C[C@@H](C(C)(C)O)CC[C@@]2(C)C(=O)CC1. The minimum atomic E-state index is -0.630. The van der Waals surface area contributed by atoms with Crippen LogP contribution in [0.1, 0.15) is 59.8 Å². The summed E-state index contributed by atoms with van der Waals surface area (Å²) in [5.41, 5.74) is 1.87. The average molecular weight is 236 g/mol. The average Bonchev–Trinajstić information content (AvgIpc) is 2.22. The molecule has 2 rings (SSSR count). The molecule has 0 radical (unpaired) electrons. The third kappa shape index (κ3) is 2.08. The summed E-state index contributed by atoms with van der Waals surface area (Å²) in [6.45, 7) is 8.04. The number of carbonyl (C=O) groups is 1. The normalized spacial score (nSPS) is 34.9. The summed E-state index contributed by atoms with van der Waals surface area (Å²) in [6, 6.07) is 0. The molecule has 1 fully saturated rings. The number of carbonyl (C=O) groups excluding carboxylic acids is 1. The van der Waals surface area contributed by atoms with E-state index in [1.54, 1.807) is 0 Å². The largest absolute Gasteiger partial charge is 0.390 e. The molecule has 2 aliphatic rings. The molecule has 0 saturated heterocycles. The lowest BCUT2D eigenvalue weighted by Gasteiger charge is -2.45. The van der Waals surface area contributed by atoms with E-state index in [0.29, 0.717) is 18.1 Å². The Labute approximate surface area is 104 Å². The lowest BCUT2D eigenvalue weighted by atomic mass is 9.59. The molecule has 1 N–H and O–H groups in total. The van der Waals surface area contributed by atoms with Gasteiger partial charge in [0.1, 0.15) is 5.78 Å². The van der Waals surface area contributed by atoms with Crippen LogP contribution in [0.15, 0.2) is 11.1 Å². The van der Waals surface area contributed by atoms with Crippen molar-refractivity contribution in [1.82, 2.24) is 0 Å². The van der Waals surface area contributed by atoms with Gasteiger partial charge in [0.15, 0.2) is 0 Å². The first-order valence-electron chi connectivity index (χ1n) is 6.70. The van der Waals surface area contributed by atoms with E-state index in [-0.39, 0.29) is 5.41 Å². The van der Waals surface area contributed by atoms with E-state index in [9.17, 15) is 9.90 Å². The van der Waals surface area contributed by atoms with Crippen molar-refractivity contribution in [3.05, 3.63) is 11.1 Å². The van der Waals surface area contributed by atoms with Gasteiger partial charge in [-0.05, 0) is 59.3 Å². The van der Waals surface area contributed by atoms with E-state index in [4.69, 9.17) is 0 Å². The van der Waals surface area contributed by atoms with Gasteiger partial charge in [-0.2, -0.15) is 0 Å². The quantitative estimate of drug-likeness (QED) is 0.710. The molecule has 0 unspecified atom stereocenters. The highest BCUT2D eigenvalue weighted by Crippen LogP contribution is 2.51. The Morgan fingerprint density at radius 1 is 1.35 bits per heavy atom. The van der Waals surface area contributed by atoms with Crippen LogP contribution >= 0.6 is 0 Å². The fraction of sp³-hybridized carbons (Fsp3) is 0.800. The fourth-order valence-electron chi connectivity index (χ4n) is 3.47. The zero-order chi connectivity index (χ0) is 12.8. The van der Waals surface area contributed by atoms with E-state index >= 15 is 0 Å². The molecule has 0 spiro atoms. The fourth-order valence-corrected chi connectivity index (χ4v) is 3.47. The summed E-state index contributed by atoms with van der Waals surface area (Å²) in [7, 11) is 0. The first kappa shape index (κ1) is 12.8. The highest BCUT2D eigenvalue weighted by atomic mass is 16.3. The highest BCUT2D eigenvalue weighted by molar-refractivity contribution is 5.89. The lowest BCUT2D eigenvalue weighted by Crippen LogP contribution is -2.43. The molecule has 2 aliphatic carbocycles. The van der Waals surface area contributed by atoms with E-state index in [1.165, 1.54) is 11.1 Å². The molecule has 2 nitrogen and oxygen atoms in total. The molecule has 96 valence electrons.